The highest BCUT2D eigenvalue weighted by molar-refractivity contribution is 6.27. The molecule has 3 aromatic carbocycles. The quantitative estimate of drug-likeness (QED) is 0.234. The minimum Gasteiger partial charge on any atom is -0.455 e. The minimum absolute atomic E-state index is 0.0304. The molecule has 11 nitrogen and oxygen atoms in total. The van der Waals surface area contributed by atoms with Crippen LogP contribution in [0.2, 0.25) is 0 Å². The number of aromatic nitrogens is 4. The zero-order valence-corrected chi connectivity index (χ0v) is 23.1. The number of nitrogens with zero attached hydrogens (tertiary/aromatic N) is 5. The molecule has 0 spiro atoms. The Kier molecular flexibility index (Phi) is 7.73. The van der Waals surface area contributed by atoms with Gasteiger partial charge in [-0.05, 0) is 36.4 Å². The Morgan fingerprint density at radius 2 is 1.40 bits per heavy atom. The number of hydrogen-bond donors (Lipinski definition) is 1. The standard InChI is InChI=1S/C32H27N5O6/c1-20-17-42-31(25(38)26(20)43-32(41)23-15-9-4-10-16-23)36-19-35-24-27(36)33-18-34-28(24)37(29(39)21-11-5-2-6-12-21)30(40)22-13-7-3-8-14-22/h2-16,18-20,25-26,31,38H,17H2,1H3/t20-,25+,26-,31?/m1/s1. The van der Waals surface area contributed by atoms with Crippen molar-refractivity contribution in [1.29, 1.82) is 0 Å². The van der Waals surface area contributed by atoms with E-state index in [2.05, 4.69) is 15.0 Å². The summed E-state index contributed by atoms with van der Waals surface area (Å²) in [6.45, 7) is 1.99. The van der Waals surface area contributed by atoms with Gasteiger partial charge in [0.2, 0.25) is 0 Å². The number of ether oxygens (including phenoxy) is 2. The highest BCUT2D eigenvalue weighted by Gasteiger charge is 2.42. The number of hydrogen-bond acceptors (Lipinski definition) is 9. The van der Waals surface area contributed by atoms with Gasteiger partial charge in [0.05, 0.1) is 18.5 Å². The lowest BCUT2D eigenvalue weighted by atomic mass is 9.96. The Bertz CT molecular complexity index is 1710. The maximum Gasteiger partial charge on any atom is 0.338 e. The first kappa shape index (κ1) is 27.9. The van der Waals surface area contributed by atoms with E-state index in [4.69, 9.17) is 9.47 Å². The van der Waals surface area contributed by atoms with Crippen LogP contribution in [0.25, 0.3) is 11.2 Å². The summed E-state index contributed by atoms with van der Waals surface area (Å²) in [6, 6.07) is 25.3. The molecule has 0 radical (unpaired) electrons. The van der Waals surface area contributed by atoms with Crippen LogP contribution in [0.4, 0.5) is 5.82 Å². The Labute approximate surface area is 246 Å². The van der Waals surface area contributed by atoms with Gasteiger partial charge in [-0.25, -0.2) is 24.6 Å². The number of fused-ring (bicyclic) bond motifs is 1. The summed E-state index contributed by atoms with van der Waals surface area (Å²) < 4.78 is 13.2. The monoisotopic (exact) mass is 577 g/mol. The Morgan fingerprint density at radius 1 is 0.837 bits per heavy atom. The van der Waals surface area contributed by atoms with Crippen molar-refractivity contribution in [3.8, 4) is 0 Å². The van der Waals surface area contributed by atoms with Gasteiger partial charge < -0.3 is 14.6 Å². The fourth-order valence-corrected chi connectivity index (χ4v) is 5.03. The first-order chi connectivity index (χ1) is 20.9. The van der Waals surface area contributed by atoms with Crippen LogP contribution in [-0.2, 0) is 9.47 Å². The topological polar surface area (TPSA) is 137 Å². The number of imide groups is 1. The van der Waals surface area contributed by atoms with Crippen molar-refractivity contribution in [3.63, 3.8) is 0 Å². The van der Waals surface area contributed by atoms with Crippen LogP contribution in [0.5, 0.6) is 0 Å². The van der Waals surface area contributed by atoms with E-state index in [0.717, 1.165) is 4.90 Å². The molecule has 0 bridgehead atoms. The van der Waals surface area contributed by atoms with Crippen molar-refractivity contribution in [2.45, 2.75) is 25.4 Å². The molecule has 5 aromatic rings. The third kappa shape index (κ3) is 5.39. The summed E-state index contributed by atoms with van der Waals surface area (Å²) in [5.74, 6) is -2.09. The predicted molar refractivity (Wildman–Crippen MR) is 155 cm³/mol. The van der Waals surface area contributed by atoms with Crippen LogP contribution >= 0.6 is 0 Å². The molecule has 1 aliphatic rings. The minimum atomic E-state index is -1.28. The summed E-state index contributed by atoms with van der Waals surface area (Å²) in [5, 5.41) is 11.4. The Hall–Kier alpha value is -5.26. The molecule has 11 heteroatoms. The molecule has 0 aliphatic carbocycles. The van der Waals surface area contributed by atoms with Crippen LogP contribution in [0.1, 0.15) is 44.2 Å². The van der Waals surface area contributed by atoms with Crippen LogP contribution in [0.3, 0.4) is 0 Å². The molecule has 2 aromatic heterocycles. The number of carbonyl (C=O) groups is 3. The van der Waals surface area contributed by atoms with Crippen molar-refractivity contribution in [3.05, 3.63) is 120 Å². The third-order valence-electron chi connectivity index (χ3n) is 7.25. The molecule has 3 heterocycles. The molecular weight excluding hydrogens is 550 g/mol. The molecule has 0 saturated carbocycles. The van der Waals surface area contributed by atoms with Gasteiger partial charge in [-0.1, -0.05) is 61.5 Å². The lowest BCUT2D eigenvalue weighted by Crippen LogP contribution is -2.49. The lowest BCUT2D eigenvalue weighted by Gasteiger charge is -2.38. The van der Waals surface area contributed by atoms with Crippen LogP contribution < -0.4 is 4.90 Å². The Balaban J connectivity index is 1.37. The molecule has 2 amide bonds. The van der Waals surface area contributed by atoms with Crippen LogP contribution in [0, 0.1) is 5.92 Å². The SMILES string of the molecule is C[C@@H]1COC(n2cnc3c(N(C(=O)c4ccccc4)C(=O)c4ccccc4)ncnc32)[C@@H](O)[C@@H]1OC(=O)c1ccccc1. The molecule has 1 saturated heterocycles. The second-order valence-electron chi connectivity index (χ2n) is 10.1. The van der Waals surface area contributed by atoms with Gasteiger partial charge in [-0.2, -0.15) is 0 Å². The van der Waals surface area contributed by atoms with Gasteiger partial charge in [0.25, 0.3) is 11.8 Å². The molecule has 1 aliphatic heterocycles. The van der Waals surface area contributed by atoms with E-state index in [0.29, 0.717) is 5.56 Å². The summed E-state index contributed by atoms with van der Waals surface area (Å²) in [6.07, 6.45) is -0.590. The lowest BCUT2D eigenvalue weighted by molar-refractivity contribution is -0.188. The molecule has 6 rings (SSSR count). The average molecular weight is 578 g/mol. The number of aliphatic hydroxyl groups is 1. The van der Waals surface area contributed by atoms with E-state index in [1.54, 1.807) is 91.0 Å². The highest BCUT2D eigenvalue weighted by Crippen LogP contribution is 2.33. The largest absolute Gasteiger partial charge is 0.455 e. The number of benzene rings is 3. The fraction of sp³-hybridized carbons (Fsp3) is 0.188. The number of esters is 1. The fourth-order valence-electron chi connectivity index (χ4n) is 5.03. The number of imidazole rings is 1. The normalized spacial score (nSPS) is 20.0. The number of aliphatic hydroxyl groups excluding tert-OH is 1. The predicted octanol–water partition coefficient (Wildman–Crippen LogP) is 4.06. The smallest absolute Gasteiger partial charge is 0.338 e. The maximum absolute atomic E-state index is 13.8. The number of carbonyl (C=O) groups excluding carboxylic acids is 3. The molecule has 216 valence electrons. The zero-order valence-electron chi connectivity index (χ0n) is 23.1. The number of amides is 2. The summed E-state index contributed by atoms with van der Waals surface area (Å²) in [5.41, 5.74) is 1.27. The molecule has 4 atom stereocenters. The van der Waals surface area contributed by atoms with E-state index in [-0.39, 0.29) is 40.6 Å². The second kappa shape index (κ2) is 11.9. The van der Waals surface area contributed by atoms with E-state index >= 15 is 0 Å². The Morgan fingerprint density at radius 3 is 1.98 bits per heavy atom. The van der Waals surface area contributed by atoms with Crippen molar-refractivity contribution < 1.29 is 29.0 Å². The highest BCUT2D eigenvalue weighted by atomic mass is 16.6. The third-order valence-corrected chi connectivity index (χ3v) is 7.25. The first-order valence-corrected chi connectivity index (χ1v) is 13.7. The molecular formula is C32H27N5O6. The van der Waals surface area contributed by atoms with E-state index in [1.165, 1.54) is 17.2 Å². The van der Waals surface area contributed by atoms with E-state index in [1.807, 2.05) is 6.92 Å². The summed E-state index contributed by atoms with van der Waals surface area (Å²) in [4.78, 5) is 54.4. The van der Waals surface area contributed by atoms with E-state index < -0.39 is 36.2 Å². The van der Waals surface area contributed by atoms with Gasteiger partial charge in [0.15, 0.2) is 23.2 Å². The molecule has 1 fully saturated rings. The van der Waals surface area contributed by atoms with Crippen molar-refractivity contribution in [2.75, 3.05) is 11.5 Å². The van der Waals surface area contributed by atoms with Gasteiger partial charge in [-0.3, -0.25) is 14.2 Å². The van der Waals surface area contributed by atoms with Crippen molar-refractivity contribution >= 4 is 34.8 Å². The van der Waals surface area contributed by atoms with Gasteiger partial charge >= 0.3 is 5.97 Å². The number of rotatable bonds is 6. The average Bonchev–Trinajstić information content (AvgIpc) is 3.49. The summed E-state index contributed by atoms with van der Waals surface area (Å²) >= 11 is 0. The van der Waals surface area contributed by atoms with Crippen molar-refractivity contribution in [2.24, 2.45) is 5.92 Å². The van der Waals surface area contributed by atoms with Gasteiger partial charge in [-0.15, -0.1) is 0 Å². The first-order valence-electron chi connectivity index (χ1n) is 13.7. The van der Waals surface area contributed by atoms with Gasteiger partial charge in [0, 0.05) is 17.0 Å². The second-order valence-corrected chi connectivity index (χ2v) is 10.1. The molecule has 1 N–H and O–H groups in total. The maximum atomic E-state index is 13.8. The molecule has 43 heavy (non-hydrogen) atoms. The summed E-state index contributed by atoms with van der Waals surface area (Å²) in [7, 11) is 0. The van der Waals surface area contributed by atoms with E-state index in [9.17, 15) is 19.5 Å². The van der Waals surface area contributed by atoms with Crippen molar-refractivity contribution in [1.82, 2.24) is 19.5 Å². The molecule has 1 unspecified atom stereocenters. The van der Waals surface area contributed by atoms with Crippen LogP contribution in [-0.4, -0.2) is 61.2 Å². The zero-order chi connectivity index (χ0) is 29.9. The van der Waals surface area contributed by atoms with Crippen LogP contribution in [0.15, 0.2) is 104 Å². The number of anilines is 1. The van der Waals surface area contributed by atoms with Gasteiger partial charge in [0.1, 0.15) is 18.5 Å².